The van der Waals surface area contributed by atoms with E-state index in [1.54, 1.807) is 24.5 Å². The average molecular weight is 384 g/mol. The molecule has 2 N–H and O–H groups in total. The summed E-state index contributed by atoms with van der Waals surface area (Å²) in [5.41, 5.74) is 4.59. The highest BCUT2D eigenvalue weighted by Crippen LogP contribution is 2.37. The van der Waals surface area contributed by atoms with Crippen LogP contribution in [0.2, 0.25) is 0 Å². The first-order chi connectivity index (χ1) is 14.2. The van der Waals surface area contributed by atoms with Crippen molar-refractivity contribution in [1.29, 1.82) is 0 Å². The first-order valence-electron chi connectivity index (χ1n) is 9.77. The van der Waals surface area contributed by atoms with Crippen molar-refractivity contribution in [3.05, 3.63) is 76.9 Å². The van der Waals surface area contributed by atoms with E-state index in [-0.39, 0.29) is 17.0 Å². The fourth-order valence-corrected chi connectivity index (χ4v) is 4.00. The van der Waals surface area contributed by atoms with Crippen molar-refractivity contribution in [2.45, 2.75) is 25.7 Å². The number of rotatable bonds is 3. The number of pyridine rings is 1. The highest BCUT2D eigenvalue weighted by atomic mass is 16.3. The van der Waals surface area contributed by atoms with Crippen molar-refractivity contribution in [3.8, 4) is 28.3 Å². The van der Waals surface area contributed by atoms with Gasteiger partial charge < -0.3 is 10.1 Å². The second-order valence-electron chi connectivity index (χ2n) is 7.22. The fourth-order valence-electron chi connectivity index (χ4n) is 4.00. The van der Waals surface area contributed by atoms with Crippen molar-refractivity contribution in [1.82, 2.24) is 19.6 Å². The van der Waals surface area contributed by atoms with E-state index >= 15 is 0 Å². The van der Waals surface area contributed by atoms with Gasteiger partial charge in [-0.05, 0) is 37.3 Å². The molecule has 0 saturated carbocycles. The number of allylic oxidation sites excluding steroid dienone is 2. The molecule has 6 heteroatoms. The number of aromatic nitrogens is 4. The van der Waals surface area contributed by atoms with Crippen LogP contribution in [-0.2, 0) is 0 Å². The summed E-state index contributed by atoms with van der Waals surface area (Å²) in [5, 5.41) is 15.4. The molecule has 1 aliphatic rings. The number of nitrogens with one attached hydrogen (secondary N) is 1. The Kier molecular flexibility index (Phi) is 4.24. The number of hydrogen-bond acceptors (Lipinski definition) is 4. The fraction of sp³-hybridized carbons (Fsp3) is 0.174. The zero-order valence-corrected chi connectivity index (χ0v) is 15.8. The molecule has 29 heavy (non-hydrogen) atoms. The lowest BCUT2D eigenvalue weighted by molar-refractivity contribution is 0.454. The summed E-state index contributed by atoms with van der Waals surface area (Å²) in [6, 6.07) is 13.3. The smallest absolute Gasteiger partial charge is 0.286 e. The van der Waals surface area contributed by atoms with E-state index in [9.17, 15) is 9.90 Å². The maximum Gasteiger partial charge on any atom is 0.286 e. The number of benzene rings is 1. The minimum Gasteiger partial charge on any atom is -0.494 e. The molecule has 144 valence electrons. The van der Waals surface area contributed by atoms with Crippen molar-refractivity contribution in [2.75, 3.05) is 0 Å². The van der Waals surface area contributed by atoms with Gasteiger partial charge in [-0.2, -0.15) is 9.61 Å². The molecule has 0 aliphatic heterocycles. The zero-order chi connectivity index (χ0) is 19.8. The van der Waals surface area contributed by atoms with Gasteiger partial charge in [-0.25, -0.2) is 0 Å². The Morgan fingerprint density at radius 2 is 1.83 bits per heavy atom. The molecule has 0 saturated heterocycles. The van der Waals surface area contributed by atoms with E-state index < -0.39 is 0 Å². The topological polar surface area (TPSA) is 83.3 Å². The first-order valence-corrected chi connectivity index (χ1v) is 9.77. The second kappa shape index (κ2) is 7.05. The Morgan fingerprint density at radius 3 is 2.55 bits per heavy atom. The molecule has 1 aliphatic carbocycles. The van der Waals surface area contributed by atoms with Gasteiger partial charge in [0, 0.05) is 29.1 Å². The molecule has 3 heterocycles. The minimum atomic E-state index is -0.371. The maximum absolute atomic E-state index is 13.3. The van der Waals surface area contributed by atoms with Gasteiger partial charge in [-0.1, -0.05) is 42.5 Å². The molecule has 0 spiro atoms. The Hall–Kier alpha value is -3.67. The second-order valence-corrected chi connectivity index (χ2v) is 7.22. The first kappa shape index (κ1) is 17.4. The molecule has 0 bridgehead atoms. The predicted molar refractivity (Wildman–Crippen MR) is 113 cm³/mol. The van der Waals surface area contributed by atoms with Crippen LogP contribution in [0.25, 0.3) is 33.6 Å². The SMILES string of the molecule is O=c1c(-c2cccnc2)c(O)[nH]c2c(C3=CCCCC3)c(-c3ccccc3)nn12. The van der Waals surface area contributed by atoms with E-state index in [0.717, 1.165) is 48.1 Å². The lowest BCUT2D eigenvalue weighted by Gasteiger charge is -2.13. The molecule has 0 radical (unpaired) electrons. The minimum absolute atomic E-state index is 0.164. The van der Waals surface area contributed by atoms with Gasteiger partial charge in [-0.3, -0.25) is 9.78 Å². The van der Waals surface area contributed by atoms with Crippen LogP contribution in [0.4, 0.5) is 0 Å². The van der Waals surface area contributed by atoms with Crippen LogP contribution in [0.15, 0.2) is 65.7 Å². The molecule has 4 aromatic rings. The van der Waals surface area contributed by atoms with Crippen LogP contribution in [0.1, 0.15) is 31.2 Å². The summed E-state index contributed by atoms with van der Waals surface area (Å²) in [7, 11) is 0. The molecule has 0 atom stereocenters. The van der Waals surface area contributed by atoms with Gasteiger partial charge in [0.1, 0.15) is 16.9 Å². The van der Waals surface area contributed by atoms with Gasteiger partial charge in [0.25, 0.3) is 5.56 Å². The van der Waals surface area contributed by atoms with Crippen molar-refractivity contribution in [2.24, 2.45) is 0 Å². The summed E-state index contributed by atoms with van der Waals surface area (Å²) in [6.07, 6.45) is 9.60. The van der Waals surface area contributed by atoms with Crippen LogP contribution < -0.4 is 5.56 Å². The van der Waals surface area contributed by atoms with Crippen molar-refractivity contribution < 1.29 is 5.11 Å². The van der Waals surface area contributed by atoms with Gasteiger partial charge in [0.2, 0.25) is 5.88 Å². The van der Waals surface area contributed by atoms with Crippen molar-refractivity contribution in [3.63, 3.8) is 0 Å². The summed E-state index contributed by atoms with van der Waals surface area (Å²) in [5.74, 6) is -0.173. The van der Waals surface area contributed by atoms with Gasteiger partial charge >= 0.3 is 0 Å². The molecular formula is C23H20N4O2. The van der Waals surface area contributed by atoms with Gasteiger partial charge in [0.05, 0.1) is 0 Å². The maximum atomic E-state index is 13.3. The molecule has 0 amide bonds. The van der Waals surface area contributed by atoms with Gasteiger partial charge in [-0.15, -0.1) is 0 Å². The number of hydrogen-bond donors (Lipinski definition) is 2. The van der Waals surface area contributed by atoms with Crippen LogP contribution in [-0.4, -0.2) is 24.7 Å². The highest BCUT2D eigenvalue weighted by Gasteiger charge is 2.24. The van der Waals surface area contributed by atoms with E-state index in [4.69, 9.17) is 0 Å². The third-order valence-corrected chi connectivity index (χ3v) is 5.37. The van der Waals surface area contributed by atoms with Crippen molar-refractivity contribution >= 4 is 11.2 Å². The highest BCUT2D eigenvalue weighted by molar-refractivity contribution is 5.88. The Bertz CT molecular complexity index is 1270. The predicted octanol–water partition coefficient (Wildman–Crippen LogP) is 4.41. The number of fused-ring (bicyclic) bond motifs is 1. The Morgan fingerprint density at radius 1 is 1.00 bits per heavy atom. The van der Waals surface area contributed by atoms with Crippen LogP contribution in [0, 0.1) is 0 Å². The number of nitrogens with zero attached hydrogens (tertiary/aromatic N) is 3. The van der Waals surface area contributed by atoms with E-state index in [1.807, 2.05) is 30.3 Å². The largest absolute Gasteiger partial charge is 0.494 e. The third-order valence-electron chi connectivity index (χ3n) is 5.37. The number of H-pyrrole nitrogens is 1. The molecule has 1 aromatic carbocycles. The van der Waals surface area contributed by atoms with Crippen LogP contribution >= 0.6 is 0 Å². The normalized spacial score (nSPS) is 14.1. The van der Waals surface area contributed by atoms with Crippen LogP contribution in [0.3, 0.4) is 0 Å². The molecular weight excluding hydrogens is 364 g/mol. The third kappa shape index (κ3) is 2.93. The van der Waals surface area contributed by atoms with E-state index in [1.165, 1.54) is 4.52 Å². The Labute approximate surface area is 167 Å². The summed E-state index contributed by atoms with van der Waals surface area (Å²) in [6.45, 7) is 0. The summed E-state index contributed by atoms with van der Waals surface area (Å²) in [4.78, 5) is 20.4. The lowest BCUT2D eigenvalue weighted by atomic mass is 9.92. The number of aromatic hydroxyl groups is 1. The Balaban J connectivity index is 1.84. The standard InChI is InChI=1S/C23H20N4O2/c28-22-19(17-12-7-13-24-14-17)23(29)27-21(25-22)18(15-8-3-1-4-9-15)20(26-27)16-10-5-2-6-11-16/h2,5-8,10-14,25,28H,1,3-4,9H2. The molecule has 0 unspecified atom stereocenters. The number of aromatic amines is 1. The molecule has 6 nitrogen and oxygen atoms in total. The summed E-state index contributed by atoms with van der Waals surface area (Å²) < 4.78 is 1.37. The zero-order valence-electron chi connectivity index (χ0n) is 15.8. The van der Waals surface area contributed by atoms with Crippen LogP contribution in [0.5, 0.6) is 5.88 Å². The monoisotopic (exact) mass is 384 g/mol. The molecule has 3 aromatic heterocycles. The molecule has 0 fully saturated rings. The van der Waals surface area contributed by atoms with E-state index in [0.29, 0.717) is 11.2 Å². The molecule has 5 rings (SSSR count). The lowest BCUT2D eigenvalue weighted by Crippen LogP contribution is -2.17. The van der Waals surface area contributed by atoms with Gasteiger partial charge in [0.15, 0.2) is 0 Å². The summed E-state index contributed by atoms with van der Waals surface area (Å²) >= 11 is 0. The van der Waals surface area contributed by atoms with E-state index in [2.05, 4.69) is 21.1 Å². The average Bonchev–Trinajstić information content (AvgIpc) is 3.15. The quantitative estimate of drug-likeness (QED) is 0.548.